The lowest BCUT2D eigenvalue weighted by Crippen LogP contribution is -2.22. The Balaban J connectivity index is 1.57. The van der Waals surface area contributed by atoms with Gasteiger partial charge in [-0.15, -0.1) is 0 Å². The molecule has 0 unspecified atom stereocenters. The number of carbonyl (C=O) groups excluding carboxylic acids is 2. The summed E-state index contributed by atoms with van der Waals surface area (Å²) in [5.41, 5.74) is 2.40. The summed E-state index contributed by atoms with van der Waals surface area (Å²) < 4.78 is 11.8. The first-order valence-electron chi connectivity index (χ1n) is 10.1. The average Bonchev–Trinajstić information content (AvgIpc) is 2.85. The highest BCUT2D eigenvalue weighted by molar-refractivity contribution is 5.95. The van der Waals surface area contributed by atoms with Crippen molar-refractivity contribution in [3.63, 3.8) is 0 Å². The van der Waals surface area contributed by atoms with Gasteiger partial charge in [0.25, 0.3) is 0 Å². The van der Waals surface area contributed by atoms with E-state index in [1.165, 1.54) is 6.20 Å². The molecule has 2 aromatic carbocycles. The van der Waals surface area contributed by atoms with E-state index in [1.54, 1.807) is 48.8 Å². The van der Waals surface area contributed by atoms with E-state index in [2.05, 4.69) is 4.98 Å². The second-order valence-electron chi connectivity index (χ2n) is 6.97. The molecule has 0 atom stereocenters. The van der Waals surface area contributed by atoms with E-state index >= 15 is 0 Å². The fourth-order valence-electron chi connectivity index (χ4n) is 3.39. The largest absolute Gasteiger partial charge is 0.424 e. The van der Waals surface area contributed by atoms with Gasteiger partial charge in [-0.3, -0.25) is 9.78 Å². The SMILES string of the molecule is CCn1cc(C(=O)OCOC(=O)c2ccccc2)c(=O)c2ccc(-c3ccncc3)cc21. The molecule has 2 heterocycles. The van der Waals surface area contributed by atoms with Gasteiger partial charge in [0.1, 0.15) is 5.56 Å². The molecule has 160 valence electrons. The Morgan fingerprint density at radius 1 is 0.906 bits per heavy atom. The highest BCUT2D eigenvalue weighted by Gasteiger charge is 2.18. The molecule has 32 heavy (non-hydrogen) atoms. The van der Waals surface area contributed by atoms with E-state index in [0.29, 0.717) is 23.0 Å². The third kappa shape index (κ3) is 4.27. The maximum Gasteiger partial charge on any atom is 0.346 e. The van der Waals surface area contributed by atoms with Crippen LogP contribution in [0.1, 0.15) is 27.6 Å². The van der Waals surface area contributed by atoms with Crippen molar-refractivity contribution in [2.24, 2.45) is 0 Å². The zero-order chi connectivity index (χ0) is 22.5. The van der Waals surface area contributed by atoms with Gasteiger partial charge in [0, 0.05) is 30.5 Å². The zero-order valence-electron chi connectivity index (χ0n) is 17.4. The van der Waals surface area contributed by atoms with Gasteiger partial charge >= 0.3 is 11.9 Å². The van der Waals surface area contributed by atoms with Crippen LogP contribution in [0.4, 0.5) is 0 Å². The molecule has 0 aliphatic heterocycles. The van der Waals surface area contributed by atoms with Gasteiger partial charge in [0.2, 0.25) is 12.2 Å². The van der Waals surface area contributed by atoms with Crippen molar-refractivity contribution in [2.75, 3.05) is 6.79 Å². The summed E-state index contributed by atoms with van der Waals surface area (Å²) in [6.45, 7) is 1.87. The molecule has 0 radical (unpaired) electrons. The molecule has 4 rings (SSSR count). The minimum atomic E-state index is -0.849. The first-order chi connectivity index (χ1) is 15.6. The second kappa shape index (κ2) is 9.26. The molecule has 4 aromatic rings. The first kappa shape index (κ1) is 21.0. The van der Waals surface area contributed by atoms with Gasteiger partial charge in [0.15, 0.2) is 0 Å². The van der Waals surface area contributed by atoms with Gasteiger partial charge in [-0.25, -0.2) is 9.59 Å². The number of ether oxygens (including phenoxy) is 2. The van der Waals surface area contributed by atoms with E-state index in [0.717, 1.165) is 11.1 Å². The molecule has 0 aliphatic rings. The van der Waals surface area contributed by atoms with Gasteiger partial charge in [-0.2, -0.15) is 0 Å². The summed E-state index contributed by atoms with van der Waals surface area (Å²) in [5, 5.41) is 0.403. The Bertz CT molecular complexity index is 1330. The lowest BCUT2D eigenvalue weighted by molar-refractivity contribution is -0.0168. The number of aromatic nitrogens is 2. The van der Waals surface area contributed by atoms with E-state index < -0.39 is 24.2 Å². The number of carbonyl (C=O) groups is 2. The highest BCUT2D eigenvalue weighted by Crippen LogP contribution is 2.23. The number of benzene rings is 2. The maximum atomic E-state index is 13.0. The Kier molecular flexibility index (Phi) is 6.07. The number of hydrogen-bond acceptors (Lipinski definition) is 6. The number of rotatable bonds is 6. The van der Waals surface area contributed by atoms with Crippen LogP contribution in [0.15, 0.2) is 84.0 Å². The van der Waals surface area contributed by atoms with Crippen LogP contribution in [-0.4, -0.2) is 28.3 Å². The normalized spacial score (nSPS) is 10.7. The average molecular weight is 428 g/mol. The summed E-state index contributed by atoms with van der Waals surface area (Å²) in [6.07, 6.45) is 4.88. The molecule has 0 fully saturated rings. The van der Waals surface area contributed by atoms with Crippen LogP contribution in [0.3, 0.4) is 0 Å². The molecule has 0 N–H and O–H groups in total. The molecule has 0 amide bonds. The van der Waals surface area contributed by atoms with Gasteiger partial charge in [-0.1, -0.05) is 24.3 Å². The smallest absolute Gasteiger partial charge is 0.346 e. The molecule has 0 saturated heterocycles. The van der Waals surface area contributed by atoms with Crippen molar-refractivity contribution in [1.29, 1.82) is 0 Å². The predicted molar refractivity (Wildman–Crippen MR) is 119 cm³/mol. The molecule has 0 spiro atoms. The fourth-order valence-corrected chi connectivity index (χ4v) is 3.39. The van der Waals surface area contributed by atoms with Crippen LogP contribution >= 0.6 is 0 Å². The Morgan fingerprint density at radius 2 is 1.62 bits per heavy atom. The topological polar surface area (TPSA) is 87.5 Å². The standard InChI is InChI=1S/C25H20N2O5/c1-2-27-15-21(25(30)32-16-31-24(29)18-6-4-3-5-7-18)23(28)20-9-8-19(14-22(20)27)17-10-12-26-13-11-17/h3-15H,2,16H2,1H3. The minimum absolute atomic E-state index is 0.119. The van der Waals surface area contributed by atoms with E-state index in [1.807, 2.05) is 35.8 Å². The van der Waals surface area contributed by atoms with Crippen molar-refractivity contribution < 1.29 is 19.1 Å². The molecule has 0 saturated carbocycles. The van der Waals surface area contributed by atoms with Gasteiger partial charge in [-0.05, 0) is 54.4 Å². The number of aryl methyl sites for hydroxylation is 1. The van der Waals surface area contributed by atoms with Crippen molar-refractivity contribution in [1.82, 2.24) is 9.55 Å². The van der Waals surface area contributed by atoms with Crippen molar-refractivity contribution in [3.05, 3.63) is 101 Å². The Labute approximate surface area is 183 Å². The minimum Gasteiger partial charge on any atom is -0.424 e. The fraction of sp³-hybridized carbons (Fsp3) is 0.120. The van der Waals surface area contributed by atoms with Crippen molar-refractivity contribution in [3.8, 4) is 11.1 Å². The number of fused-ring (bicyclic) bond motifs is 1. The molecule has 0 aliphatic carbocycles. The van der Waals surface area contributed by atoms with Crippen LogP contribution < -0.4 is 5.43 Å². The van der Waals surface area contributed by atoms with Gasteiger partial charge < -0.3 is 14.0 Å². The van der Waals surface area contributed by atoms with Crippen LogP contribution in [0.5, 0.6) is 0 Å². The monoisotopic (exact) mass is 428 g/mol. The number of esters is 2. The predicted octanol–water partition coefficient (Wildman–Crippen LogP) is 4.05. The third-order valence-corrected chi connectivity index (χ3v) is 5.05. The summed E-state index contributed by atoms with van der Waals surface area (Å²) in [6, 6.07) is 17.6. The molecule has 2 aromatic heterocycles. The van der Waals surface area contributed by atoms with Crippen molar-refractivity contribution >= 4 is 22.8 Å². The second-order valence-corrected chi connectivity index (χ2v) is 6.97. The molecular weight excluding hydrogens is 408 g/mol. The lowest BCUT2D eigenvalue weighted by Gasteiger charge is -2.13. The zero-order valence-corrected chi connectivity index (χ0v) is 17.4. The molecule has 0 bridgehead atoms. The molecule has 7 nitrogen and oxygen atoms in total. The molecule has 7 heteroatoms. The summed E-state index contributed by atoms with van der Waals surface area (Å²) >= 11 is 0. The van der Waals surface area contributed by atoms with E-state index in [-0.39, 0.29) is 5.56 Å². The van der Waals surface area contributed by atoms with Crippen LogP contribution in [0.25, 0.3) is 22.0 Å². The summed E-state index contributed by atoms with van der Waals surface area (Å²) in [4.78, 5) is 41.5. The van der Waals surface area contributed by atoms with Crippen LogP contribution in [0, 0.1) is 0 Å². The van der Waals surface area contributed by atoms with Crippen LogP contribution in [-0.2, 0) is 16.0 Å². The number of nitrogens with zero attached hydrogens (tertiary/aromatic N) is 2. The van der Waals surface area contributed by atoms with Crippen LogP contribution in [0.2, 0.25) is 0 Å². The Hall–Kier alpha value is -4.26. The summed E-state index contributed by atoms with van der Waals surface area (Å²) in [5.74, 6) is -1.47. The molecular formula is C25H20N2O5. The number of pyridine rings is 2. The quantitative estimate of drug-likeness (QED) is 0.340. The summed E-state index contributed by atoms with van der Waals surface area (Å²) in [7, 11) is 0. The first-order valence-corrected chi connectivity index (χ1v) is 10.1. The highest BCUT2D eigenvalue weighted by atomic mass is 16.7. The van der Waals surface area contributed by atoms with E-state index in [4.69, 9.17) is 9.47 Å². The Morgan fingerprint density at radius 3 is 2.34 bits per heavy atom. The lowest BCUT2D eigenvalue weighted by atomic mass is 10.0. The van der Waals surface area contributed by atoms with E-state index in [9.17, 15) is 14.4 Å². The van der Waals surface area contributed by atoms with Crippen molar-refractivity contribution in [2.45, 2.75) is 13.5 Å². The maximum absolute atomic E-state index is 13.0. The van der Waals surface area contributed by atoms with Gasteiger partial charge in [0.05, 0.1) is 11.1 Å². The number of hydrogen-bond donors (Lipinski definition) is 0. The third-order valence-electron chi connectivity index (χ3n) is 5.05.